The molecule has 1 aromatic carbocycles. The van der Waals surface area contributed by atoms with Gasteiger partial charge in [0.25, 0.3) is 5.89 Å². The first-order valence-corrected chi connectivity index (χ1v) is 8.58. The molecule has 3 aromatic rings. The number of aromatic nitrogens is 3. The van der Waals surface area contributed by atoms with E-state index >= 15 is 0 Å². The zero-order chi connectivity index (χ0) is 16.1. The van der Waals surface area contributed by atoms with Gasteiger partial charge >= 0.3 is 0 Å². The molecule has 7 nitrogen and oxygen atoms in total. The van der Waals surface area contributed by atoms with Crippen LogP contribution in [-0.2, 0) is 5.54 Å². The number of hydrogen-bond donors (Lipinski definition) is 1. The Morgan fingerprint density at radius 1 is 1.12 bits per heavy atom. The third-order valence-electron chi connectivity index (χ3n) is 4.46. The first-order chi connectivity index (χ1) is 11.7. The van der Waals surface area contributed by atoms with Crippen molar-refractivity contribution in [2.24, 2.45) is 5.73 Å². The van der Waals surface area contributed by atoms with E-state index in [-0.39, 0.29) is 19.2 Å². The van der Waals surface area contributed by atoms with E-state index < -0.39 is 5.54 Å². The smallest absolute Gasteiger partial charge is 0.277 e. The average Bonchev–Trinajstić information content (AvgIpc) is 3.29. The van der Waals surface area contributed by atoms with Crippen LogP contribution < -0.4 is 15.2 Å². The predicted molar refractivity (Wildman–Crippen MR) is 93.9 cm³/mol. The van der Waals surface area contributed by atoms with E-state index in [4.69, 9.17) is 19.7 Å². The second-order valence-corrected chi connectivity index (χ2v) is 6.90. The van der Waals surface area contributed by atoms with Crippen LogP contribution in [0.2, 0.25) is 0 Å². The van der Waals surface area contributed by atoms with Crippen LogP contribution in [-0.4, -0.2) is 21.9 Å². The Labute approximate surface area is 153 Å². The standard InChI is InChI=1S/C16H14N4O3S.ClH/c17-16(4-1-5-16)15-19-13(23-20-15)10-7-24-14(18-10)9-2-3-11-12(6-9)22-8-21-11;/h2-3,6-7H,1,4-5,8,17H2;1H. The Bertz CT molecular complexity index is 922. The highest BCUT2D eigenvalue weighted by atomic mass is 35.5. The summed E-state index contributed by atoms with van der Waals surface area (Å²) in [6.45, 7) is 0.257. The third kappa shape index (κ3) is 2.66. The highest BCUT2D eigenvalue weighted by Crippen LogP contribution is 2.39. The van der Waals surface area contributed by atoms with Gasteiger partial charge in [0.1, 0.15) is 10.7 Å². The van der Waals surface area contributed by atoms with Crippen LogP contribution in [0.4, 0.5) is 0 Å². The largest absolute Gasteiger partial charge is 0.454 e. The van der Waals surface area contributed by atoms with Crippen LogP contribution >= 0.6 is 23.7 Å². The molecular weight excluding hydrogens is 364 g/mol. The molecule has 0 unspecified atom stereocenters. The van der Waals surface area contributed by atoms with Crippen molar-refractivity contribution in [2.45, 2.75) is 24.8 Å². The summed E-state index contributed by atoms with van der Waals surface area (Å²) in [4.78, 5) is 9.04. The van der Waals surface area contributed by atoms with Crippen molar-refractivity contribution >= 4 is 23.7 Å². The summed E-state index contributed by atoms with van der Waals surface area (Å²) in [5.74, 6) is 2.47. The van der Waals surface area contributed by atoms with Crippen LogP contribution in [0.15, 0.2) is 28.1 Å². The van der Waals surface area contributed by atoms with Crippen molar-refractivity contribution in [3.63, 3.8) is 0 Å². The van der Waals surface area contributed by atoms with Gasteiger partial charge in [0.2, 0.25) is 6.79 Å². The fourth-order valence-corrected chi connectivity index (χ4v) is 3.64. The van der Waals surface area contributed by atoms with Crippen molar-refractivity contribution in [3.05, 3.63) is 29.4 Å². The average molecular weight is 379 g/mol. The Balaban J connectivity index is 0.00000157. The molecule has 1 aliphatic carbocycles. The molecule has 1 fully saturated rings. The molecule has 2 aliphatic rings. The number of benzene rings is 1. The molecule has 2 N–H and O–H groups in total. The van der Waals surface area contributed by atoms with Crippen molar-refractivity contribution < 1.29 is 14.0 Å². The highest BCUT2D eigenvalue weighted by Gasteiger charge is 2.39. The summed E-state index contributed by atoms with van der Waals surface area (Å²) in [6, 6.07) is 5.77. The van der Waals surface area contributed by atoms with E-state index in [9.17, 15) is 0 Å². The number of hydrogen-bond acceptors (Lipinski definition) is 8. The number of halogens is 1. The van der Waals surface area contributed by atoms with Gasteiger partial charge in [-0.2, -0.15) is 4.98 Å². The maximum Gasteiger partial charge on any atom is 0.277 e. The fourth-order valence-electron chi connectivity index (χ4n) is 2.85. The summed E-state index contributed by atoms with van der Waals surface area (Å²) in [5, 5.41) is 6.79. The molecular formula is C16H15ClN4O3S. The summed E-state index contributed by atoms with van der Waals surface area (Å²) in [7, 11) is 0. The molecule has 0 amide bonds. The molecule has 130 valence electrons. The Kier molecular flexibility index (Phi) is 3.90. The quantitative estimate of drug-likeness (QED) is 0.746. The van der Waals surface area contributed by atoms with Gasteiger partial charge in [-0.1, -0.05) is 5.16 Å². The van der Waals surface area contributed by atoms with Crippen LogP contribution in [0.1, 0.15) is 25.1 Å². The van der Waals surface area contributed by atoms with Crippen LogP contribution in [0.25, 0.3) is 22.2 Å². The van der Waals surface area contributed by atoms with E-state index in [1.807, 2.05) is 23.6 Å². The SMILES string of the molecule is Cl.NC1(c2noc(-c3csc(-c4ccc5c(c4)OCO5)n3)n2)CCC1. The summed E-state index contributed by atoms with van der Waals surface area (Å²) >= 11 is 1.51. The molecule has 9 heteroatoms. The lowest BCUT2D eigenvalue weighted by atomic mass is 9.77. The summed E-state index contributed by atoms with van der Waals surface area (Å²) in [5.41, 5.74) is 7.43. The van der Waals surface area contributed by atoms with Gasteiger partial charge in [-0.15, -0.1) is 23.7 Å². The van der Waals surface area contributed by atoms with Gasteiger partial charge in [-0.05, 0) is 37.5 Å². The number of thiazole rings is 1. The molecule has 0 bridgehead atoms. The zero-order valence-electron chi connectivity index (χ0n) is 13.1. The Morgan fingerprint density at radius 2 is 1.96 bits per heavy atom. The molecule has 0 spiro atoms. The Morgan fingerprint density at radius 3 is 2.76 bits per heavy atom. The van der Waals surface area contributed by atoms with Crippen molar-refractivity contribution in [2.75, 3.05) is 6.79 Å². The van der Waals surface area contributed by atoms with Gasteiger partial charge in [0.05, 0.1) is 5.54 Å². The lowest BCUT2D eigenvalue weighted by Gasteiger charge is -2.34. The van der Waals surface area contributed by atoms with Gasteiger partial charge in [-0.25, -0.2) is 4.98 Å². The predicted octanol–water partition coefficient (Wildman–Crippen LogP) is 3.35. The van der Waals surface area contributed by atoms with Crippen LogP contribution in [0.3, 0.4) is 0 Å². The van der Waals surface area contributed by atoms with E-state index in [0.717, 1.165) is 41.3 Å². The molecule has 3 heterocycles. The van der Waals surface area contributed by atoms with Crippen LogP contribution in [0, 0.1) is 0 Å². The molecule has 1 aliphatic heterocycles. The monoisotopic (exact) mass is 378 g/mol. The molecule has 0 atom stereocenters. The fraction of sp³-hybridized carbons (Fsp3) is 0.312. The second-order valence-electron chi connectivity index (χ2n) is 6.04. The number of fused-ring (bicyclic) bond motifs is 1. The molecule has 25 heavy (non-hydrogen) atoms. The zero-order valence-corrected chi connectivity index (χ0v) is 14.7. The van der Waals surface area contributed by atoms with Crippen molar-refractivity contribution in [1.82, 2.24) is 15.1 Å². The van der Waals surface area contributed by atoms with E-state index in [1.54, 1.807) is 0 Å². The Hall–Kier alpha value is -2.16. The second kappa shape index (κ2) is 5.98. The van der Waals surface area contributed by atoms with Crippen molar-refractivity contribution in [1.29, 1.82) is 0 Å². The first-order valence-electron chi connectivity index (χ1n) is 7.70. The van der Waals surface area contributed by atoms with E-state index in [0.29, 0.717) is 17.4 Å². The highest BCUT2D eigenvalue weighted by molar-refractivity contribution is 7.13. The molecule has 2 aromatic heterocycles. The van der Waals surface area contributed by atoms with Crippen LogP contribution in [0.5, 0.6) is 11.5 Å². The topological polar surface area (TPSA) is 96.3 Å². The minimum Gasteiger partial charge on any atom is -0.454 e. The molecule has 0 radical (unpaired) electrons. The lowest BCUT2D eigenvalue weighted by Crippen LogP contribution is -2.44. The maximum atomic E-state index is 6.24. The van der Waals surface area contributed by atoms with Gasteiger partial charge < -0.3 is 19.7 Å². The number of nitrogens with two attached hydrogens (primary N) is 1. The molecule has 1 saturated carbocycles. The summed E-state index contributed by atoms with van der Waals surface area (Å²) in [6.07, 6.45) is 2.89. The maximum absolute atomic E-state index is 6.24. The number of ether oxygens (including phenoxy) is 2. The molecule has 5 rings (SSSR count). The van der Waals surface area contributed by atoms with Crippen molar-refractivity contribution in [3.8, 4) is 33.7 Å². The summed E-state index contributed by atoms with van der Waals surface area (Å²) < 4.78 is 16.1. The van der Waals surface area contributed by atoms with E-state index in [1.165, 1.54) is 11.3 Å². The van der Waals surface area contributed by atoms with E-state index in [2.05, 4.69) is 15.1 Å². The number of rotatable bonds is 3. The van der Waals surface area contributed by atoms with Gasteiger partial charge in [0.15, 0.2) is 17.3 Å². The first kappa shape index (κ1) is 16.3. The third-order valence-corrected chi connectivity index (χ3v) is 5.35. The normalized spacial score (nSPS) is 17.0. The number of nitrogens with zero attached hydrogens (tertiary/aromatic N) is 3. The lowest BCUT2D eigenvalue weighted by molar-refractivity contribution is 0.174. The van der Waals surface area contributed by atoms with Gasteiger partial charge in [0, 0.05) is 10.9 Å². The molecule has 0 saturated heterocycles. The van der Waals surface area contributed by atoms with Gasteiger partial charge in [-0.3, -0.25) is 0 Å². The minimum absolute atomic E-state index is 0. The minimum atomic E-state index is -0.433.